The molecule has 0 aliphatic carbocycles. The molecule has 0 atom stereocenters. The van der Waals surface area contributed by atoms with Gasteiger partial charge in [-0.2, -0.15) is 0 Å². The maximum atomic E-state index is 11.8. The van der Waals surface area contributed by atoms with E-state index in [2.05, 4.69) is 9.97 Å². The van der Waals surface area contributed by atoms with Crippen LogP contribution in [-0.2, 0) is 4.74 Å². The maximum absolute atomic E-state index is 11.8. The van der Waals surface area contributed by atoms with Crippen LogP contribution in [0.1, 0.15) is 28.7 Å². The zero-order chi connectivity index (χ0) is 17.8. The molecule has 0 saturated carbocycles. The summed E-state index contributed by atoms with van der Waals surface area (Å²) < 4.78 is 5.83. The van der Waals surface area contributed by atoms with E-state index in [0.717, 1.165) is 9.95 Å². The van der Waals surface area contributed by atoms with E-state index < -0.39 is 12.1 Å². The van der Waals surface area contributed by atoms with Crippen LogP contribution in [0.3, 0.4) is 0 Å². The van der Waals surface area contributed by atoms with Crippen molar-refractivity contribution in [3.05, 3.63) is 59.7 Å². The molecule has 7 nitrogen and oxygen atoms in total. The van der Waals surface area contributed by atoms with Gasteiger partial charge in [0.1, 0.15) is 5.69 Å². The van der Waals surface area contributed by atoms with Crippen molar-refractivity contribution in [3.63, 3.8) is 0 Å². The number of pyridine rings is 2. The Labute approximate surface area is 143 Å². The highest BCUT2D eigenvalue weighted by molar-refractivity contribution is 5.92. The van der Waals surface area contributed by atoms with Crippen molar-refractivity contribution in [2.45, 2.75) is 6.92 Å². The SMILES string of the molecule is CCOC(=O)n1cc(/C=C/c2ccc3cccnc3n2)cc1C(=O)O. The second-order valence-electron chi connectivity index (χ2n) is 5.15. The lowest BCUT2D eigenvalue weighted by Crippen LogP contribution is -2.17. The molecule has 0 fully saturated rings. The minimum atomic E-state index is -1.21. The molecule has 0 unspecified atom stereocenters. The van der Waals surface area contributed by atoms with Crippen LogP contribution in [0.2, 0.25) is 0 Å². The summed E-state index contributed by atoms with van der Waals surface area (Å²) >= 11 is 0. The van der Waals surface area contributed by atoms with Crippen molar-refractivity contribution in [1.29, 1.82) is 0 Å². The topological polar surface area (TPSA) is 94.3 Å². The predicted octanol–water partition coefficient (Wildman–Crippen LogP) is 3.30. The lowest BCUT2D eigenvalue weighted by molar-refractivity contribution is 0.0681. The summed E-state index contributed by atoms with van der Waals surface area (Å²) in [5.41, 5.74) is 1.69. The number of nitrogens with zero attached hydrogens (tertiary/aromatic N) is 3. The van der Waals surface area contributed by atoms with Gasteiger partial charge in [-0.3, -0.25) is 0 Å². The van der Waals surface area contributed by atoms with Gasteiger partial charge >= 0.3 is 12.1 Å². The maximum Gasteiger partial charge on any atom is 0.418 e. The summed E-state index contributed by atoms with van der Waals surface area (Å²) in [6, 6.07) is 8.89. The third kappa shape index (κ3) is 3.55. The van der Waals surface area contributed by atoms with Crippen LogP contribution in [0.5, 0.6) is 0 Å². The number of hydrogen-bond acceptors (Lipinski definition) is 5. The minimum Gasteiger partial charge on any atom is -0.477 e. The van der Waals surface area contributed by atoms with Crippen molar-refractivity contribution in [2.75, 3.05) is 6.61 Å². The van der Waals surface area contributed by atoms with Gasteiger partial charge in [0.15, 0.2) is 5.65 Å². The molecule has 0 radical (unpaired) electrons. The zero-order valence-corrected chi connectivity index (χ0v) is 13.4. The second kappa shape index (κ2) is 6.96. The molecule has 1 N–H and O–H groups in total. The fraction of sp³-hybridized carbons (Fsp3) is 0.111. The van der Waals surface area contributed by atoms with Crippen molar-refractivity contribution in [2.24, 2.45) is 0 Å². The number of aromatic carboxylic acids is 1. The van der Waals surface area contributed by atoms with E-state index >= 15 is 0 Å². The molecule has 0 spiro atoms. The molecule has 0 amide bonds. The van der Waals surface area contributed by atoms with Gasteiger partial charge in [-0.15, -0.1) is 0 Å². The number of carboxylic acid groups (broad SMARTS) is 1. The van der Waals surface area contributed by atoms with Crippen LogP contribution in [0.15, 0.2) is 42.7 Å². The van der Waals surface area contributed by atoms with Crippen LogP contribution in [0.25, 0.3) is 23.2 Å². The van der Waals surface area contributed by atoms with Crippen LogP contribution in [-0.4, -0.2) is 38.3 Å². The molecule has 126 valence electrons. The van der Waals surface area contributed by atoms with Gasteiger partial charge in [0, 0.05) is 17.8 Å². The molecule has 0 bridgehead atoms. The van der Waals surface area contributed by atoms with Crippen LogP contribution < -0.4 is 0 Å². The number of aromatic nitrogens is 3. The molecular weight excluding hydrogens is 322 g/mol. The van der Waals surface area contributed by atoms with Gasteiger partial charge in [0.25, 0.3) is 0 Å². The highest BCUT2D eigenvalue weighted by Crippen LogP contribution is 2.15. The van der Waals surface area contributed by atoms with Gasteiger partial charge in [0.05, 0.1) is 12.3 Å². The van der Waals surface area contributed by atoms with Crippen molar-refractivity contribution in [3.8, 4) is 0 Å². The Bertz CT molecular complexity index is 975. The van der Waals surface area contributed by atoms with Crippen molar-refractivity contribution in [1.82, 2.24) is 14.5 Å². The summed E-state index contributed by atoms with van der Waals surface area (Å²) in [5, 5.41) is 10.2. The number of carboxylic acids is 1. The molecular formula is C18H15N3O4. The minimum absolute atomic E-state index is 0.161. The molecule has 0 aromatic carbocycles. The molecule has 3 aromatic rings. The Morgan fingerprint density at radius 2 is 2.12 bits per heavy atom. The quantitative estimate of drug-likeness (QED) is 0.785. The smallest absolute Gasteiger partial charge is 0.418 e. The Hall–Kier alpha value is -3.48. The normalized spacial score (nSPS) is 11.1. The Morgan fingerprint density at radius 1 is 1.28 bits per heavy atom. The molecule has 25 heavy (non-hydrogen) atoms. The van der Waals surface area contributed by atoms with Crippen molar-refractivity contribution < 1.29 is 19.4 Å². The van der Waals surface area contributed by atoms with E-state index in [-0.39, 0.29) is 12.3 Å². The third-order valence-electron chi connectivity index (χ3n) is 3.46. The molecule has 0 aliphatic heterocycles. The van der Waals surface area contributed by atoms with Crippen LogP contribution >= 0.6 is 0 Å². The third-order valence-corrected chi connectivity index (χ3v) is 3.46. The lowest BCUT2D eigenvalue weighted by atomic mass is 10.2. The fourth-order valence-corrected chi connectivity index (χ4v) is 2.33. The second-order valence-corrected chi connectivity index (χ2v) is 5.15. The van der Waals surface area contributed by atoms with E-state index in [1.165, 1.54) is 12.3 Å². The summed E-state index contributed by atoms with van der Waals surface area (Å²) in [6.07, 6.45) is 5.76. The van der Waals surface area contributed by atoms with Gasteiger partial charge < -0.3 is 9.84 Å². The van der Waals surface area contributed by atoms with Crippen LogP contribution in [0, 0.1) is 0 Å². The number of carbonyl (C=O) groups excluding carboxylic acids is 1. The van der Waals surface area contributed by atoms with Gasteiger partial charge in [0.2, 0.25) is 0 Å². The Kier molecular flexibility index (Phi) is 4.56. The van der Waals surface area contributed by atoms with E-state index in [4.69, 9.17) is 4.74 Å². The number of hydrogen-bond donors (Lipinski definition) is 1. The monoisotopic (exact) mass is 337 g/mol. The molecule has 7 heteroatoms. The fourth-order valence-electron chi connectivity index (χ4n) is 2.33. The number of carbonyl (C=O) groups is 2. The average molecular weight is 337 g/mol. The lowest BCUT2D eigenvalue weighted by Gasteiger charge is -2.03. The predicted molar refractivity (Wildman–Crippen MR) is 92.3 cm³/mol. The summed E-state index contributed by atoms with van der Waals surface area (Å²) in [4.78, 5) is 31.7. The standard InChI is InChI=1S/C18H15N3O4/c1-2-25-18(24)21-11-12(10-15(21)17(22)23)5-7-14-8-6-13-4-3-9-19-16(13)20-14/h3-11H,2H2,1H3,(H,22,23)/b7-5+. The number of ether oxygens (including phenoxy) is 1. The van der Waals surface area contributed by atoms with E-state index in [9.17, 15) is 14.7 Å². The number of rotatable bonds is 4. The Morgan fingerprint density at radius 3 is 2.88 bits per heavy atom. The molecule has 0 saturated heterocycles. The van der Waals surface area contributed by atoms with Gasteiger partial charge in [-0.1, -0.05) is 6.08 Å². The highest BCUT2D eigenvalue weighted by atomic mass is 16.5. The van der Waals surface area contributed by atoms with Gasteiger partial charge in [-0.25, -0.2) is 24.1 Å². The first-order valence-corrected chi connectivity index (χ1v) is 7.61. The summed E-state index contributed by atoms with van der Waals surface area (Å²) in [5.74, 6) is -1.21. The first-order valence-electron chi connectivity index (χ1n) is 7.61. The molecule has 3 aromatic heterocycles. The highest BCUT2D eigenvalue weighted by Gasteiger charge is 2.17. The molecule has 3 heterocycles. The first kappa shape index (κ1) is 16.4. The van der Waals surface area contributed by atoms with E-state index in [1.54, 1.807) is 25.3 Å². The van der Waals surface area contributed by atoms with E-state index in [1.807, 2.05) is 24.3 Å². The summed E-state index contributed by atoms with van der Waals surface area (Å²) in [6.45, 7) is 1.82. The summed E-state index contributed by atoms with van der Waals surface area (Å²) in [7, 11) is 0. The first-order chi connectivity index (χ1) is 12.1. The largest absolute Gasteiger partial charge is 0.477 e. The zero-order valence-electron chi connectivity index (χ0n) is 13.4. The number of fused-ring (bicyclic) bond motifs is 1. The molecule has 3 rings (SSSR count). The van der Waals surface area contributed by atoms with Crippen molar-refractivity contribution >= 4 is 35.2 Å². The average Bonchev–Trinajstić information content (AvgIpc) is 3.05. The molecule has 0 aliphatic rings. The van der Waals surface area contributed by atoms with Gasteiger partial charge in [-0.05, 0) is 48.9 Å². The Balaban J connectivity index is 1.90. The van der Waals surface area contributed by atoms with Crippen LogP contribution in [0.4, 0.5) is 4.79 Å². The van der Waals surface area contributed by atoms with E-state index in [0.29, 0.717) is 16.9 Å².